The summed E-state index contributed by atoms with van der Waals surface area (Å²) in [7, 11) is 0. The number of aromatic nitrogens is 3. The molecule has 3 aromatic rings. The molecule has 0 aliphatic rings. The van der Waals surface area contributed by atoms with Crippen LogP contribution in [0.3, 0.4) is 0 Å². The van der Waals surface area contributed by atoms with Crippen LogP contribution in [0.15, 0.2) is 48.9 Å². The summed E-state index contributed by atoms with van der Waals surface area (Å²) >= 11 is 0. The molecule has 2 heterocycles. The van der Waals surface area contributed by atoms with E-state index in [9.17, 15) is 0 Å². The minimum atomic E-state index is -0.233. The number of benzene rings is 1. The lowest BCUT2D eigenvalue weighted by molar-refractivity contribution is 0.658. The molecule has 0 radical (unpaired) electrons. The average Bonchev–Trinajstić information content (AvgIpc) is 2.94. The fourth-order valence-electron chi connectivity index (χ4n) is 2.40. The van der Waals surface area contributed by atoms with Crippen LogP contribution < -0.4 is 5.73 Å². The molecule has 0 saturated heterocycles. The maximum absolute atomic E-state index is 6.39. The fourth-order valence-corrected chi connectivity index (χ4v) is 2.40. The van der Waals surface area contributed by atoms with Crippen molar-refractivity contribution in [2.45, 2.75) is 19.5 Å². The lowest BCUT2D eigenvalue weighted by atomic mass is 10.0. The Hall–Kier alpha value is -2.20. The molecule has 0 amide bonds. The van der Waals surface area contributed by atoms with Crippen molar-refractivity contribution in [1.29, 1.82) is 0 Å². The third-order valence-electron chi connectivity index (χ3n) is 3.38. The van der Waals surface area contributed by atoms with Crippen LogP contribution in [0, 0.1) is 0 Å². The monoisotopic (exact) mass is 252 g/mol. The first kappa shape index (κ1) is 11.9. The van der Waals surface area contributed by atoms with Crippen LogP contribution in [0.5, 0.6) is 0 Å². The molecule has 0 spiro atoms. The number of fused-ring (bicyclic) bond motifs is 1. The van der Waals surface area contributed by atoms with Crippen LogP contribution in [0.4, 0.5) is 0 Å². The molecule has 0 fully saturated rings. The van der Waals surface area contributed by atoms with Gasteiger partial charge in [-0.1, -0.05) is 18.2 Å². The van der Waals surface area contributed by atoms with E-state index < -0.39 is 0 Å². The summed E-state index contributed by atoms with van der Waals surface area (Å²) in [5.74, 6) is 0.888. The highest BCUT2D eigenvalue weighted by Crippen LogP contribution is 2.25. The van der Waals surface area contributed by atoms with Crippen LogP contribution >= 0.6 is 0 Å². The van der Waals surface area contributed by atoms with Gasteiger partial charge >= 0.3 is 0 Å². The van der Waals surface area contributed by atoms with Crippen LogP contribution in [0.25, 0.3) is 10.9 Å². The predicted octanol–water partition coefficient (Wildman–Crippen LogP) is 2.50. The lowest BCUT2D eigenvalue weighted by Gasteiger charge is -2.15. The van der Waals surface area contributed by atoms with Crippen molar-refractivity contribution in [3.8, 4) is 0 Å². The Labute approximate surface area is 111 Å². The quantitative estimate of drug-likeness (QED) is 0.779. The molecule has 4 heteroatoms. The summed E-state index contributed by atoms with van der Waals surface area (Å²) in [6.07, 6.45) is 5.55. The largest absolute Gasteiger partial charge is 0.334 e. The van der Waals surface area contributed by atoms with Crippen molar-refractivity contribution in [2.75, 3.05) is 0 Å². The highest BCUT2D eigenvalue weighted by atomic mass is 15.1. The van der Waals surface area contributed by atoms with Gasteiger partial charge in [0.15, 0.2) is 0 Å². The first-order chi connectivity index (χ1) is 9.31. The average molecular weight is 252 g/mol. The van der Waals surface area contributed by atoms with E-state index >= 15 is 0 Å². The first-order valence-corrected chi connectivity index (χ1v) is 6.41. The minimum Gasteiger partial charge on any atom is -0.334 e. The highest BCUT2D eigenvalue weighted by Gasteiger charge is 2.16. The zero-order valence-electron chi connectivity index (χ0n) is 10.8. The van der Waals surface area contributed by atoms with Gasteiger partial charge in [0, 0.05) is 30.5 Å². The molecular formula is C15H16N4. The number of imidazole rings is 1. The van der Waals surface area contributed by atoms with Gasteiger partial charge in [-0.3, -0.25) is 4.98 Å². The van der Waals surface area contributed by atoms with E-state index in [1.165, 1.54) is 0 Å². The number of hydrogen-bond donors (Lipinski definition) is 1. The fraction of sp³-hybridized carbons (Fsp3) is 0.200. The summed E-state index contributed by atoms with van der Waals surface area (Å²) in [6, 6.07) is 9.78. The van der Waals surface area contributed by atoms with E-state index in [0.29, 0.717) is 0 Å². The number of hydrogen-bond acceptors (Lipinski definition) is 3. The second-order valence-electron chi connectivity index (χ2n) is 4.47. The van der Waals surface area contributed by atoms with E-state index in [1.807, 2.05) is 30.5 Å². The van der Waals surface area contributed by atoms with E-state index in [0.717, 1.165) is 28.8 Å². The Morgan fingerprint density at radius 3 is 2.84 bits per heavy atom. The number of nitrogens with zero attached hydrogens (tertiary/aromatic N) is 3. The molecule has 4 nitrogen and oxygen atoms in total. The summed E-state index contributed by atoms with van der Waals surface area (Å²) < 4.78 is 2.07. The molecule has 0 saturated carbocycles. The molecule has 2 aromatic heterocycles. The topological polar surface area (TPSA) is 56.7 Å². The number of aryl methyl sites for hydroxylation is 1. The standard InChI is InChI=1S/C15H16N4/c1-2-19-10-9-18-15(19)14(16)12-7-8-17-13-6-4-3-5-11(12)13/h3-10,14H,2,16H2,1H3. The Bertz CT molecular complexity index is 697. The minimum absolute atomic E-state index is 0.233. The number of nitrogens with two attached hydrogens (primary N) is 1. The van der Waals surface area contributed by atoms with Crippen LogP contribution in [0.2, 0.25) is 0 Å². The lowest BCUT2D eigenvalue weighted by Crippen LogP contribution is -2.18. The van der Waals surface area contributed by atoms with Crippen molar-refractivity contribution in [3.63, 3.8) is 0 Å². The predicted molar refractivity (Wildman–Crippen MR) is 75.7 cm³/mol. The zero-order valence-corrected chi connectivity index (χ0v) is 10.8. The summed E-state index contributed by atoms with van der Waals surface area (Å²) in [4.78, 5) is 8.75. The molecule has 0 aliphatic carbocycles. The molecule has 96 valence electrons. The SMILES string of the molecule is CCn1ccnc1C(N)c1ccnc2ccccc12. The van der Waals surface area contributed by atoms with Crippen LogP contribution in [0.1, 0.15) is 24.4 Å². The van der Waals surface area contributed by atoms with E-state index in [-0.39, 0.29) is 6.04 Å². The van der Waals surface area contributed by atoms with Gasteiger partial charge < -0.3 is 10.3 Å². The van der Waals surface area contributed by atoms with Crippen LogP contribution in [-0.2, 0) is 6.54 Å². The summed E-state index contributed by atoms with van der Waals surface area (Å²) in [5.41, 5.74) is 8.42. The Balaban J connectivity index is 2.14. The zero-order chi connectivity index (χ0) is 13.2. The van der Waals surface area contributed by atoms with Gasteiger partial charge in [-0.2, -0.15) is 0 Å². The van der Waals surface area contributed by atoms with Gasteiger partial charge in [-0.25, -0.2) is 4.98 Å². The van der Waals surface area contributed by atoms with Gasteiger partial charge in [0.1, 0.15) is 5.82 Å². The summed E-state index contributed by atoms with van der Waals surface area (Å²) in [5, 5.41) is 1.09. The molecule has 1 atom stereocenters. The Kier molecular flexibility index (Phi) is 3.01. The van der Waals surface area contributed by atoms with Crippen molar-refractivity contribution < 1.29 is 0 Å². The van der Waals surface area contributed by atoms with E-state index in [2.05, 4.69) is 27.5 Å². The molecule has 1 aromatic carbocycles. The molecule has 0 bridgehead atoms. The van der Waals surface area contributed by atoms with Crippen molar-refractivity contribution in [3.05, 3.63) is 60.3 Å². The number of para-hydroxylation sites is 1. The second kappa shape index (κ2) is 4.82. The molecule has 2 N–H and O–H groups in total. The van der Waals surface area contributed by atoms with Gasteiger partial charge in [-0.05, 0) is 24.6 Å². The van der Waals surface area contributed by atoms with Gasteiger partial charge in [0.2, 0.25) is 0 Å². The number of pyridine rings is 1. The molecular weight excluding hydrogens is 236 g/mol. The first-order valence-electron chi connectivity index (χ1n) is 6.41. The normalized spacial score (nSPS) is 12.7. The van der Waals surface area contributed by atoms with Gasteiger partial charge in [0.25, 0.3) is 0 Å². The molecule has 0 aliphatic heterocycles. The van der Waals surface area contributed by atoms with E-state index in [1.54, 1.807) is 12.4 Å². The smallest absolute Gasteiger partial charge is 0.130 e. The second-order valence-corrected chi connectivity index (χ2v) is 4.47. The number of rotatable bonds is 3. The Morgan fingerprint density at radius 2 is 2.00 bits per heavy atom. The van der Waals surface area contributed by atoms with Gasteiger partial charge in [-0.15, -0.1) is 0 Å². The van der Waals surface area contributed by atoms with Crippen molar-refractivity contribution >= 4 is 10.9 Å². The highest BCUT2D eigenvalue weighted by molar-refractivity contribution is 5.82. The molecule has 1 unspecified atom stereocenters. The summed E-state index contributed by atoms with van der Waals surface area (Å²) in [6.45, 7) is 2.95. The third-order valence-corrected chi connectivity index (χ3v) is 3.38. The maximum Gasteiger partial charge on any atom is 0.130 e. The van der Waals surface area contributed by atoms with Crippen LogP contribution in [-0.4, -0.2) is 14.5 Å². The molecule has 19 heavy (non-hydrogen) atoms. The van der Waals surface area contributed by atoms with E-state index in [4.69, 9.17) is 5.73 Å². The van der Waals surface area contributed by atoms with Gasteiger partial charge in [0.05, 0.1) is 11.6 Å². The van der Waals surface area contributed by atoms with Crippen molar-refractivity contribution in [2.24, 2.45) is 5.73 Å². The third kappa shape index (κ3) is 2.00. The Morgan fingerprint density at radius 1 is 1.16 bits per heavy atom. The molecule has 3 rings (SSSR count). The van der Waals surface area contributed by atoms with Crippen molar-refractivity contribution in [1.82, 2.24) is 14.5 Å². The maximum atomic E-state index is 6.39.